The van der Waals surface area contributed by atoms with Gasteiger partial charge in [0.15, 0.2) is 5.78 Å². The molecule has 27 heavy (non-hydrogen) atoms. The van der Waals surface area contributed by atoms with Crippen LogP contribution in [0.25, 0.3) is 0 Å². The lowest BCUT2D eigenvalue weighted by Gasteiger charge is -2.30. The summed E-state index contributed by atoms with van der Waals surface area (Å²) in [7, 11) is 0. The Morgan fingerprint density at radius 1 is 1.07 bits per heavy atom. The van der Waals surface area contributed by atoms with Gasteiger partial charge in [0.1, 0.15) is 5.69 Å². The van der Waals surface area contributed by atoms with Crippen molar-refractivity contribution in [1.82, 2.24) is 0 Å². The smallest absolute Gasteiger partial charge is 0.299 e. The third-order valence-corrected chi connectivity index (χ3v) is 5.85. The number of carbonyl (C=O) groups excluding carboxylic acids is 1. The minimum absolute atomic E-state index is 0.117. The van der Waals surface area contributed by atoms with Crippen LogP contribution in [0.5, 0.6) is 0 Å². The van der Waals surface area contributed by atoms with E-state index in [0.29, 0.717) is 12.1 Å². The van der Waals surface area contributed by atoms with Crippen LogP contribution in [0.4, 0.5) is 17.1 Å². The maximum atomic E-state index is 12.6. The Labute approximate surface area is 153 Å². The summed E-state index contributed by atoms with van der Waals surface area (Å²) in [5.74, 6) is 0.154. The Morgan fingerprint density at radius 2 is 1.85 bits per heavy atom. The van der Waals surface area contributed by atoms with E-state index in [1.165, 1.54) is 12.1 Å². The van der Waals surface area contributed by atoms with Crippen molar-refractivity contribution in [3.05, 3.63) is 85.6 Å². The topological polar surface area (TPSA) is 107 Å². The molecule has 1 saturated carbocycles. The molecule has 1 saturated heterocycles. The summed E-state index contributed by atoms with van der Waals surface area (Å²) >= 11 is 0. The molecule has 1 spiro atoms. The van der Waals surface area contributed by atoms with Crippen LogP contribution < -0.4 is 4.90 Å². The van der Waals surface area contributed by atoms with Gasteiger partial charge in [-0.1, -0.05) is 24.3 Å². The van der Waals surface area contributed by atoms with Crippen molar-refractivity contribution in [2.45, 2.75) is 11.8 Å². The van der Waals surface area contributed by atoms with Gasteiger partial charge in [0.2, 0.25) is 0 Å². The predicted molar refractivity (Wildman–Crippen MR) is 95.7 cm³/mol. The first-order chi connectivity index (χ1) is 12.9. The number of piperidine rings is 1. The van der Waals surface area contributed by atoms with Crippen LogP contribution in [0, 0.1) is 26.1 Å². The Bertz CT molecular complexity index is 1090. The number of allylic oxidation sites excluding steroid dienone is 2. The molecule has 2 atom stereocenters. The summed E-state index contributed by atoms with van der Waals surface area (Å²) in [4.78, 5) is 35.6. The lowest BCUT2D eigenvalue weighted by Crippen LogP contribution is -2.29. The van der Waals surface area contributed by atoms with Crippen LogP contribution in [0.1, 0.15) is 22.3 Å². The molecule has 2 aliphatic carbocycles. The van der Waals surface area contributed by atoms with E-state index in [1.807, 2.05) is 24.3 Å². The molecule has 0 amide bonds. The third-order valence-electron chi connectivity index (χ3n) is 5.85. The number of anilines is 1. The van der Waals surface area contributed by atoms with Crippen molar-refractivity contribution < 1.29 is 14.6 Å². The van der Waals surface area contributed by atoms with Gasteiger partial charge in [-0.2, -0.15) is 0 Å². The van der Waals surface area contributed by atoms with Gasteiger partial charge in [-0.25, -0.2) is 0 Å². The van der Waals surface area contributed by atoms with Crippen molar-refractivity contribution in [2.24, 2.45) is 5.92 Å². The van der Waals surface area contributed by atoms with Crippen LogP contribution in [0.2, 0.25) is 0 Å². The third kappa shape index (κ3) is 1.95. The van der Waals surface area contributed by atoms with E-state index in [9.17, 15) is 25.0 Å². The van der Waals surface area contributed by atoms with E-state index >= 15 is 0 Å². The van der Waals surface area contributed by atoms with E-state index in [4.69, 9.17) is 0 Å². The Balaban J connectivity index is 1.65. The Hall–Kier alpha value is -3.55. The van der Waals surface area contributed by atoms with Gasteiger partial charge in [0.25, 0.3) is 11.4 Å². The second-order valence-electron chi connectivity index (χ2n) is 7.11. The number of hydrogen-bond acceptors (Lipinski definition) is 6. The van der Waals surface area contributed by atoms with Gasteiger partial charge in [0.05, 0.1) is 15.9 Å². The maximum absolute atomic E-state index is 12.6. The van der Waals surface area contributed by atoms with E-state index in [2.05, 4.69) is 0 Å². The van der Waals surface area contributed by atoms with Crippen LogP contribution in [0.3, 0.4) is 0 Å². The summed E-state index contributed by atoms with van der Waals surface area (Å²) in [5.41, 5.74) is 1.77. The Kier molecular flexibility index (Phi) is 2.90. The highest BCUT2D eigenvalue weighted by atomic mass is 16.6. The fourth-order valence-corrected chi connectivity index (χ4v) is 4.61. The van der Waals surface area contributed by atoms with Crippen LogP contribution in [0.15, 0.2) is 54.2 Å². The van der Waals surface area contributed by atoms with Crippen molar-refractivity contribution in [3.8, 4) is 0 Å². The zero-order valence-electron chi connectivity index (χ0n) is 14.0. The molecule has 2 fully saturated rings. The second kappa shape index (κ2) is 5.00. The average molecular weight is 363 g/mol. The fourth-order valence-electron chi connectivity index (χ4n) is 4.61. The van der Waals surface area contributed by atoms with Gasteiger partial charge in [-0.3, -0.25) is 25.0 Å². The normalized spacial score (nSPS) is 24.6. The quantitative estimate of drug-likeness (QED) is 0.611. The minimum Gasteiger partial charge on any atom is -0.338 e. The molecule has 0 N–H and O–H groups in total. The van der Waals surface area contributed by atoms with E-state index in [0.717, 1.165) is 23.7 Å². The zero-order valence-corrected chi connectivity index (χ0v) is 14.0. The number of hydrogen-bond donors (Lipinski definition) is 0. The number of non-ortho nitro benzene ring substituents is 1. The van der Waals surface area contributed by atoms with E-state index in [1.54, 1.807) is 11.0 Å². The summed E-state index contributed by atoms with van der Waals surface area (Å²) in [5, 5.41) is 22.5. The molecular formula is C19H13N3O5. The second-order valence-corrected chi connectivity index (χ2v) is 7.11. The highest BCUT2D eigenvalue weighted by Gasteiger charge is 2.66. The van der Waals surface area contributed by atoms with Crippen LogP contribution in [-0.4, -0.2) is 22.2 Å². The summed E-state index contributed by atoms with van der Waals surface area (Å²) in [6, 6.07) is 11.1. The standard InChI is InChI=1S/C19H13N3O5/c23-17-8-18-19(14-4-2-1-3-13(14)17)9-11(19)10-20(18)15-6-5-12(21(24)25)7-16(15)22(26)27/h1-8,11H,9-10H2/t11-,19-/m1/s1. The lowest BCUT2D eigenvalue weighted by molar-refractivity contribution is -0.393. The van der Waals surface area contributed by atoms with Crippen molar-refractivity contribution >= 4 is 22.8 Å². The van der Waals surface area contributed by atoms with Crippen molar-refractivity contribution in [3.63, 3.8) is 0 Å². The SMILES string of the molecule is O=C1C=C2N(c3ccc([N+](=O)[O-])cc3[N+](=O)[O-])C[C@H]3C[C@@]23c2ccccc21. The summed E-state index contributed by atoms with van der Waals surface area (Å²) < 4.78 is 0. The summed E-state index contributed by atoms with van der Waals surface area (Å²) in [6.07, 6.45) is 2.47. The van der Waals surface area contributed by atoms with Gasteiger partial charge in [-0.05, 0) is 24.0 Å². The van der Waals surface area contributed by atoms with Crippen LogP contribution in [-0.2, 0) is 5.41 Å². The van der Waals surface area contributed by atoms with Gasteiger partial charge in [0, 0.05) is 35.4 Å². The molecular weight excluding hydrogens is 350 g/mol. The summed E-state index contributed by atoms with van der Waals surface area (Å²) in [6.45, 7) is 0.548. The fraction of sp³-hybridized carbons (Fsp3) is 0.211. The number of fused-ring (bicyclic) bond motifs is 1. The molecule has 8 heteroatoms. The molecule has 1 aliphatic heterocycles. The van der Waals surface area contributed by atoms with Crippen molar-refractivity contribution in [1.29, 1.82) is 0 Å². The first-order valence-corrected chi connectivity index (χ1v) is 8.50. The minimum atomic E-state index is -0.653. The number of rotatable bonds is 3. The largest absolute Gasteiger partial charge is 0.338 e. The molecule has 2 aromatic rings. The number of nitrogens with zero attached hydrogens (tertiary/aromatic N) is 3. The van der Waals surface area contributed by atoms with E-state index in [-0.39, 0.29) is 34.2 Å². The molecule has 134 valence electrons. The lowest BCUT2D eigenvalue weighted by atomic mass is 9.81. The molecule has 0 radical (unpaired) electrons. The molecule has 0 unspecified atom stereocenters. The number of nitro groups is 2. The highest BCUT2D eigenvalue weighted by molar-refractivity contribution is 6.09. The molecule has 5 rings (SSSR count). The average Bonchev–Trinajstić information content (AvgIpc) is 3.29. The maximum Gasteiger partial charge on any atom is 0.299 e. The Morgan fingerprint density at radius 3 is 2.59 bits per heavy atom. The molecule has 8 nitrogen and oxygen atoms in total. The number of ketones is 1. The zero-order chi connectivity index (χ0) is 18.9. The van der Waals surface area contributed by atoms with Crippen LogP contribution >= 0.6 is 0 Å². The highest BCUT2D eigenvalue weighted by Crippen LogP contribution is 2.67. The molecule has 2 aromatic carbocycles. The van der Waals surface area contributed by atoms with Gasteiger partial charge in [-0.15, -0.1) is 0 Å². The molecule has 0 bridgehead atoms. The first kappa shape index (κ1) is 15.7. The number of benzene rings is 2. The van der Waals surface area contributed by atoms with E-state index < -0.39 is 9.85 Å². The number of nitro benzene ring substituents is 2. The monoisotopic (exact) mass is 363 g/mol. The predicted octanol–water partition coefficient (Wildman–Crippen LogP) is 3.36. The van der Waals surface area contributed by atoms with Gasteiger partial charge < -0.3 is 4.90 Å². The molecule has 0 aromatic heterocycles. The molecule has 3 aliphatic rings. The first-order valence-electron chi connectivity index (χ1n) is 8.50. The number of carbonyl (C=O) groups is 1. The molecule has 1 heterocycles. The van der Waals surface area contributed by atoms with Gasteiger partial charge >= 0.3 is 0 Å². The van der Waals surface area contributed by atoms with Crippen molar-refractivity contribution in [2.75, 3.05) is 11.4 Å².